The Kier molecular flexibility index (Phi) is 5.01. The molecular weight excluding hydrogens is 324 g/mol. The summed E-state index contributed by atoms with van der Waals surface area (Å²) in [5.74, 6) is -0.374. The summed E-state index contributed by atoms with van der Waals surface area (Å²) in [5, 5.41) is 13.7. The van der Waals surface area contributed by atoms with Crippen LogP contribution in [0.1, 0.15) is 43.5 Å². The minimum atomic E-state index is -1.17. The zero-order valence-corrected chi connectivity index (χ0v) is 14.5. The number of hydrogen-bond donors (Lipinski definition) is 2. The zero-order chi connectivity index (χ0) is 18.0. The van der Waals surface area contributed by atoms with Gasteiger partial charge in [-0.1, -0.05) is 0 Å². The number of aliphatic hydroxyl groups is 1. The molecule has 2 fully saturated rings. The molecule has 2 saturated heterocycles. The van der Waals surface area contributed by atoms with Crippen molar-refractivity contribution in [2.45, 2.75) is 56.9 Å². The number of aromatic nitrogens is 2. The lowest BCUT2D eigenvalue weighted by molar-refractivity contribution is -0.122. The van der Waals surface area contributed by atoms with E-state index in [0.29, 0.717) is 18.5 Å². The lowest BCUT2D eigenvalue weighted by atomic mass is 9.85. The number of hydrogen-bond acceptors (Lipinski definition) is 6. The summed E-state index contributed by atoms with van der Waals surface area (Å²) in [6.45, 7) is 3.92. The third-order valence-corrected chi connectivity index (χ3v) is 5.01. The van der Waals surface area contributed by atoms with Gasteiger partial charge in [-0.3, -0.25) is 9.59 Å². The molecule has 2 N–H and O–H groups in total. The van der Waals surface area contributed by atoms with E-state index >= 15 is 0 Å². The fourth-order valence-corrected chi connectivity index (χ4v) is 3.69. The molecule has 3 heterocycles. The Morgan fingerprint density at radius 1 is 1.40 bits per heavy atom. The molecule has 25 heavy (non-hydrogen) atoms. The van der Waals surface area contributed by atoms with Crippen LogP contribution in [0.2, 0.25) is 0 Å². The highest BCUT2D eigenvalue weighted by Crippen LogP contribution is 2.33. The van der Waals surface area contributed by atoms with E-state index in [4.69, 9.17) is 4.74 Å². The first-order chi connectivity index (χ1) is 11.9. The number of nitrogens with one attached hydrogen (secondary N) is 1. The second kappa shape index (κ2) is 7.05. The largest absolute Gasteiger partial charge is 0.388 e. The van der Waals surface area contributed by atoms with Gasteiger partial charge in [0.2, 0.25) is 5.91 Å². The molecule has 1 aromatic heterocycles. The molecule has 0 bridgehead atoms. The predicted octanol–water partition coefficient (Wildman–Crippen LogP) is 0.126. The van der Waals surface area contributed by atoms with Gasteiger partial charge in [0.1, 0.15) is 6.33 Å². The number of nitrogens with zero attached hydrogens (tertiary/aromatic N) is 3. The molecule has 4 atom stereocenters. The molecule has 0 aliphatic carbocycles. The van der Waals surface area contributed by atoms with Gasteiger partial charge in [-0.2, -0.15) is 0 Å². The SMILES string of the molecule is CC(=O)N[C@@H]1CO[C@@H]2CCCN(C(=O)c3cncnc3)[C@@H]2C[C@@]1(C)O. The van der Waals surface area contributed by atoms with Crippen molar-refractivity contribution < 1.29 is 19.4 Å². The van der Waals surface area contributed by atoms with Gasteiger partial charge in [0.25, 0.3) is 5.91 Å². The fraction of sp³-hybridized carbons (Fsp3) is 0.647. The smallest absolute Gasteiger partial charge is 0.257 e. The average molecular weight is 348 g/mol. The Morgan fingerprint density at radius 2 is 2.12 bits per heavy atom. The van der Waals surface area contributed by atoms with E-state index in [2.05, 4.69) is 15.3 Å². The van der Waals surface area contributed by atoms with Crippen molar-refractivity contribution in [1.29, 1.82) is 0 Å². The van der Waals surface area contributed by atoms with Crippen LogP contribution in [-0.2, 0) is 9.53 Å². The topological polar surface area (TPSA) is 105 Å². The number of carbonyl (C=O) groups is 2. The van der Waals surface area contributed by atoms with Crippen LogP contribution in [0.5, 0.6) is 0 Å². The summed E-state index contributed by atoms with van der Waals surface area (Å²) in [6.07, 6.45) is 6.20. The second-order valence-electron chi connectivity index (χ2n) is 7.02. The minimum absolute atomic E-state index is 0.160. The molecule has 2 aliphatic heterocycles. The Morgan fingerprint density at radius 3 is 2.80 bits per heavy atom. The van der Waals surface area contributed by atoms with Crippen LogP contribution >= 0.6 is 0 Å². The molecule has 0 spiro atoms. The van der Waals surface area contributed by atoms with Gasteiger partial charge in [0.05, 0.1) is 36.0 Å². The van der Waals surface area contributed by atoms with E-state index in [1.54, 1.807) is 11.8 Å². The van der Waals surface area contributed by atoms with Crippen LogP contribution in [0.4, 0.5) is 0 Å². The summed E-state index contributed by atoms with van der Waals surface area (Å²) in [4.78, 5) is 33.9. The minimum Gasteiger partial charge on any atom is -0.388 e. The molecule has 136 valence electrons. The number of likely N-dealkylation sites (tertiary alicyclic amines) is 1. The molecule has 2 aliphatic rings. The van der Waals surface area contributed by atoms with Crippen molar-refractivity contribution in [2.24, 2.45) is 0 Å². The number of ether oxygens (including phenoxy) is 1. The standard InChI is InChI=1S/C17H24N4O4/c1-11(22)20-15-9-25-14-4-3-5-21(13(14)6-17(15,2)24)16(23)12-7-18-10-19-8-12/h7-8,10,13-15,24H,3-6,9H2,1-2H3,(H,20,22)/t13-,14-,15-,17-/m1/s1. The maximum absolute atomic E-state index is 12.9. The molecule has 1 aromatic rings. The Balaban J connectivity index is 1.84. The molecular formula is C17H24N4O4. The number of carbonyl (C=O) groups excluding carboxylic acids is 2. The summed E-state index contributed by atoms with van der Waals surface area (Å²) in [5.41, 5.74) is -0.751. The Bertz CT molecular complexity index is 637. The summed E-state index contributed by atoms with van der Waals surface area (Å²) in [7, 11) is 0. The molecule has 3 rings (SSSR count). The van der Waals surface area contributed by atoms with E-state index < -0.39 is 11.6 Å². The molecule has 8 heteroatoms. The first-order valence-corrected chi connectivity index (χ1v) is 8.55. The summed E-state index contributed by atoms with van der Waals surface area (Å²) >= 11 is 0. The van der Waals surface area contributed by atoms with Crippen molar-refractivity contribution >= 4 is 11.8 Å². The van der Waals surface area contributed by atoms with Gasteiger partial charge in [-0.05, 0) is 19.8 Å². The third-order valence-electron chi connectivity index (χ3n) is 5.01. The monoisotopic (exact) mass is 348 g/mol. The van der Waals surface area contributed by atoms with Crippen molar-refractivity contribution in [2.75, 3.05) is 13.2 Å². The van der Waals surface area contributed by atoms with E-state index in [9.17, 15) is 14.7 Å². The van der Waals surface area contributed by atoms with Crippen molar-refractivity contribution in [3.63, 3.8) is 0 Å². The lowest BCUT2D eigenvalue weighted by Crippen LogP contribution is -2.56. The van der Waals surface area contributed by atoms with Crippen LogP contribution in [-0.4, -0.2) is 68.7 Å². The molecule has 0 saturated carbocycles. The van der Waals surface area contributed by atoms with Crippen LogP contribution in [0.15, 0.2) is 18.7 Å². The van der Waals surface area contributed by atoms with Crippen LogP contribution in [0.25, 0.3) is 0 Å². The highest BCUT2D eigenvalue weighted by atomic mass is 16.5. The van der Waals surface area contributed by atoms with Crippen molar-refractivity contribution in [3.05, 3.63) is 24.3 Å². The molecule has 0 unspecified atom stereocenters. The highest BCUT2D eigenvalue weighted by molar-refractivity contribution is 5.94. The molecule has 2 amide bonds. The maximum atomic E-state index is 12.9. The summed E-state index contributed by atoms with van der Waals surface area (Å²) < 4.78 is 5.97. The average Bonchev–Trinajstić information content (AvgIpc) is 2.70. The first-order valence-electron chi connectivity index (χ1n) is 8.55. The molecule has 0 aromatic carbocycles. The van der Waals surface area contributed by atoms with E-state index in [-0.39, 0.29) is 30.6 Å². The molecule has 8 nitrogen and oxygen atoms in total. The van der Waals surface area contributed by atoms with Crippen LogP contribution in [0.3, 0.4) is 0 Å². The highest BCUT2D eigenvalue weighted by Gasteiger charge is 2.46. The summed E-state index contributed by atoms with van der Waals surface area (Å²) in [6, 6.07) is -0.761. The van der Waals surface area contributed by atoms with Gasteiger partial charge < -0.3 is 20.1 Å². The predicted molar refractivity (Wildman–Crippen MR) is 88.7 cm³/mol. The van der Waals surface area contributed by atoms with E-state index in [1.807, 2.05) is 0 Å². The molecule has 0 radical (unpaired) electrons. The van der Waals surface area contributed by atoms with Gasteiger partial charge in [0.15, 0.2) is 0 Å². The van der Waals surface area contributed by atoms with Gasteiger partial charge >= 0.3 is 0 Å². The zero-order valence-electron chi connectivity index (χ0n) is 14.5. The number of rotatable bonds is 2. The number of amides is 2. The van der Waals surface area contributed by atoms with Gasteiger partial charge in [-0.15, -0.1) is 0 Å². The lowest BCUT2D eigenvalue weighted by Gasteiger charge is -2.42. The first kappa shape index (κ1) is 17.8. The van der Waals surface area contributed by atoms with E-state index in [0.717, 1.165) is 12.8 Å². The third kappa shape index (κ3) is 3.80. The van der Waals surface area contributed by atoms with Crippen molar-refractivity contribution in [1.82, 2.24) is 20.2 Å². The van der Waals surface area contributed by atoms with E-state index in [1.165, 1.54) is 25.6 Å². The number of piperidine rings is 1. The van der Waals surface area contributed by atoms with Gasteiger partial charge in [-0.25, -0.2) is 9.97 Å². The second-order valence-corrected chi connectivity index (χ2v) is 7.02. The van der Waals surface area contributed by atoms with Crippen LogP contribution in [0, 0.1) is 0 Å². The Labute approximate surface area is 146 Å². The maximum Gasteiger partial charge on any atom is 0.257 e. The van der Waals surface area contributed by atoms with Gasteiger partial charge in [0, 0.05) is 32.3 Å². The Hall–Kier alpha value is -2.06. The fourth-order valence-electron chi connectivity index (χ4n) is 3.69. The normalized spacial score (nSPS) is 32.4. The van der Waals surface area contributed by atoms with Crippen LogP contribution < -0.4 is 5.32 Å². The van der Waals surface area contributed by atoms with Crippen molar-refractivity contribution in [3.8, 4) is 0 Å². The quantitative estimate of drug-likeness (QED) is 0.787. The number of fused-ring (bicyclic) bond motifs is 1.